The van der Waals surface area contributed by atoms with Gasteiger partial charge in [0.25, 0.3) is 0 Å². The van der Waals surface area contributed by atoms with Gasteiger partial charge in [-0.2, -0.15) is 5.10 Å². The maximum Gasteiger partial charge on any atom is 0.223 e. The smallest absolute Gasteiger partial charge is 0.223 e. The molecule has 36 heavy (non-hydrogen) atoms. The number of ether oxygens (including phenoxy) is 1. The van der Waals surface area contributed by atoms with Crippen LogP contribution in [0.1, 0.15) is 31.0 Å². The molecule has 2 N–H and O–H groups in total. The summed E-state index contributed by atoms with van der Waals surface area (Å²) in [6, 6.07) is 15.3. The van der Waals surface area contributed by atoms with Gasteiger partial charge in [-0.15, -0.1) is 0 Å². The summed E-state index contributed by atoms with van der Waals surface area (Å²) in [6.07, 6.45) is 2.14. The number of amides is 2. The number of anilines is 2. The Hall–Kier alpha value is -3.52. The normalized spacial score (nSPS) is 13.9. The van der Waals surface area contributed by atoms with Gasteiger partial charge in [-0.25, -0.2) is 4.68 Å². The van der Waals surface area contributed by atoms with E-state index in [1.54, 1.807) is 7.11 Å². The topological polar surface area (TPSA) is 88.5 Å². The summed E-state index contributed by atoms with van der Waals surface area (Å²) in [5, 5.41) is 11.4. The summed E-state index contributed by atoms with van der Waals surface area (Å²) < 4.78 is 7.24. The number of hydrogen-bond donors (Lipinski definition) is 2. The van der Waals surface area contributed by atoms with Crippen molar-refractivity contribution in [1.82, 2.24) is 15.1 Å². The number of para-hydroxylation sites is 1. The van der Waals surface area contributed by atoms with E-state index >= 15 is 0 Å². The van der Waals surface area contributed by atoms with Crippen molar-refractivity contribution in [3.05, 3.63) is 64.8 Å². The van der Waals surface area contributed by atoms with Crippen molar-refractivity contribution in [3.8, 4) is 11.4 Å². The number of methoxy groups -OCH3 is 1. The molecular formula is C27H32ClN5O3. The number of carbonyl (C=O) groups is 2. The maximum absolute atomic E-state index is 12.9. The molecule has 0 atom stereocenters. The second-order valence-corrected chi connectivity index (χ2v) is 9.40. The van der Waals surface area contributed by atoms with Crippen molar-refractivity contribution in [3.63, 3.8) is 0 Å². The molecule has 190 valence electrons. The largest absolute Gasteiger partial charge is 0.496 e. The van der Waals surface area contributed by atoms with Gasteiger partial charge in [0, 0.05) is 37.5 Å². The van der Waals surface area contributed by atoms with E-state index in [1.165, 1.54) is 6.92 Å². The number of piperidine rings is 1. The number of aryl methyl sites for hydroxylation is 1. The molecule has 8 nitrogen and oxygen atoms in total. The maximum atomic E-state index is 12.9. The first kappa shape index (κ1) is 25.6. The Morgan fingerprint density at radius 3 is 2.47 bits per heavy atom. The summed E-state index contributed by atoms with van der Waals surface area (Å²) in [6.45, 7) is 5.29. The number of nitrogens with one attached hydrogen (secondary N) is 2. The number of halogens is 1. The molecule has 9 heteroatoms. The number of hydrogen-bond acceptors (Lipinski definition) is 5. The van der Waals surface area contributed by atoms with Crippen molar-refractivity contribution in [2.45, 2.75) is 33.1 Å². The van der Waals surface area contributed by atoms with Gasteiger partial charge in [-0.3, -0.25) is 9.59 Å². The number of carbonyl (C=O) groups excluding carboxylic acids is 2. The molecule has 0 unspecified atom stereocenters. The fourth-order valence-electron chi connectivity index (χ4n) is 4.62. The van der Waals surface area contributed by atoms with Gasteiger partial charge in [-0.05, 0) is 62.1 Å². The molecule has 1 saturated heterocycles. The van der Waals surface area contributed by atoms with E-state index in [-0.39, 0.29) is 17.7 Å². The molecule has 2 heterocycles. The Morgan fingerprint density at radius 2 is 1.81 bits per heavy atom. The van der Waals surface area contributed by atoms with Crippen LogP contribution >= 0.6 is 11.6 Å². The molecule has 1 fully saturated rings. The van der Waals surface area contributed by atoms with Gasteiger partial charge < -0.3 is 20.3 Å². The van der Waals surface area contributed by atoms with E-state index in [1.807, 2.05) is 60.1 Å². The molecule has 0 saturated carbocycles. The highest BCUT2D eigenvalue weighted by Gasteiger charge is 2.29. The zero-order valence-corrected chi connectivity index (χ0v) is 21.6. The van der Waals surface area contributed by atoms with E-state index in [2.05, 4.69) is 15.5 Å². The first-order valence-corrected chi connectivity index (χ1v) is 12.5. The van der Waals surface area contributed by atoms with Crippen LogP contribution in [0.5, 0.6) is 5.75 Å². The minimum Gasteiger partial charge on any atom is -0.496 e. The van der Waals surface area contributed by atoms with Gasteiger partial charge in [0.2, 0.25) is 11.8 Å². The molecule has 3 aromatic rings. The first-order chi connectivity index (χ1) is 17.4. The fourth-order valence-corrected chi connectivity index (χ4v) is 4.75. The monoisotopic (exact) mass is 509 g/mol. The first-order valence-electron chi connectivity index (χ1n) is 12.1. The molecule has 1 aromatic heterocycles. The van der Waals surface area contributed by atoms with Crippen LogP contribution in [0.2, 0.25) is 5.02 Å². The molecule has 0 bridgehead atoms. The van der Waals surface area contributed by atoms with Crippen LogP contribution in [0, 0.1) is 12.8 Å². The minimum absolute atomic E-state index is 0.0591. The predicted molar refractivity (Wildman–Crippen MR) is 142 cm³/mol. The van der Waals surface area contributed by atoms with Gasteiger partial charge in [-0.1, -0.05) is 29.8 Å². The lowest BCUT2D eigenvalue weighted by Gasteiger charge is -2.33. The molecule has 2 amide bonds. The summed E-state index contributed by atoms with van der Waals surface area (Å²) in [4.78, 5) is 27.0. The summed E-state index contributed by atoms with van der Waals surface area (Å²) >= 11 is 6.08. The van der Waals surface area contributed by atoms with Crippen LogP contribution in [0.25, 0.3) is 5.69 Å². The summed E-state index contributed by atoms with van der Waals surface area (Å²) in [5.74, 6) is 1.52. The molecule has 2 aromatic carbocycles. The van der Waals surface area contributed by atoms with Crippen molar-refractivity contribution in [2.75, 3.05) is 37.0 Å². The van der Waals surface area contributed by atoms with Crippen molar-refractivity contribution < 1.29 is 14.3 Å². The third-order valence-corrected chi connectivity index (χ3v) is 6.71. The highest BCUT2D eigenvalue weighted by atomic mass is 35.5. The van der Waals surface area contributed by atoms with Crippen LogP contribution < -0.4 is 20.3 Å². The van der Waals surface area contributed by atoms with E-state index in [9.17, 15) is 9.59 Å². The molecule has 4 rings (SSSR count). The van der Waals surface area contributed by atoms with Gasteiger partial charge in [0.05, 0.1) is 18.5 Å². The quantitative estimate of drug-likeness (QED) is 0.470. The third kappa shape index (κ3) is 5.82. The molecule has 0 aliphatic carbocycles. The SMILES string of the molecule is COc1ccccc1CCNC(=O)C1CCN(c2c(NC(C)=O)c(C)nn2-c2ccc(Cl)cc2)CC1. The lowest BCUT2D eigenvalue weighted by Crippen LogP contribution is -2.42. The zero-order chi connectivity index (χ0) is 25.7. The average Bonchev–Trinajstić information content (AvgIpc) is 3.19. The average molecular weight is 510 g/mol. The van der Waals surface area contributed by atoms with E-state index in [0.29, 0.717) is 49.6 Å². The van der Waals surface area contributed by atoms with Crippen LogP contribution in [0.15, 0.2) is 48.5 Å². The minimum atomic E-state index is -0.153. The van der Waals surface area contributed by atoms with E-state index in [4.69, 9.17) is 21.4 Å². The van der Waals surface area contributed by atoms with Crippen molar-refractivity contribution >= 4 is 34.9 Å². The van der Waals surface area contributed by atoms with Gasteiger partial charge >= 0.3 is 0 Å². The predicted octanol–water partition coefficient (Wildman–Crippen LogP) is 4.38. The molecule has 1 aliphatic heterocycles. The standard InChI is InChI=1S/C27H32ClN5O3/c1-18-25(30-19(2)34)27(33(31-18)23-10-8-22(28)9-11-23)32-16-13-21(14-17-32)26(35)29-15-12-20-6-4-5-7-24(20)36-3/h4-11,21H,12-17H2,1-3H3,(H,29,35)(H,30,34). The molecule has 0 radical (unpaired) electrons. The van der Waals surface area contributed by atoms with Crippen molar-refractivity contribution in [2.24, 2.45) is 5.92 Å². The Morgan fingerprint density at radius 1 is 1.11 bits per heavy atom. The lowest BCUT2D eigenvalue weighted by molar-refractivity contribution is -0.125. The molecule has 0 spiro atoms. The number of rotatable bonds is 8. The highest BCUT2D eigenvalue weighted by Crippen LogP contribution is 2.35. The second-order valence-electron chi connectivity index (χ2n) is 8.97. The molecular weight excluding hydrogens is 478 g/mol. The van der Waals surface area contributed by atoms with Gasteiger partial charge in [0.1, 0.15) is 11.4 Å². The Bertz CT molecular complexity index is 1220. The summed E-state index contributed by atoms with van der Waals surface area (Å²) in [5.41, 5.74) is 3.35. The van der Waals surface area contributed by atoms with E-state index < -0.39 is 0 Å². The molecule has 1 aliphatic rings. The van der Waals surface area contributed by atoms with E-state index in [0.717, 1.165) is 28.5 Å². The van der Waals surface area contributed by atoms with Crippen LogP contribution in [0.3, 0.4) is 0 Å². The second kappa shape index (κ2) is 11.5. The van der Waals surface area contributed by atoms with Crippen LogP contribution in [-0.4, -0.2) is 48.3 Å². The number of benzene rings is 2. The zero-order valence-electron chi connectivity index (χ0n) is 20.9. The Kier molecular flexibility index (Phi) is 8.15. The van der Waals surface area contributed by atoms with Crippen molar-refractivity contribution in [1.29, 1.82) is 0 Å². The number of nitrogens with zero attached hydrogens (tertiary/aromatic N) is 3. The fraction of sp³-hybridized carbons (Fsp3) is 0.370. The Labute approximate surface area is 216 Å². The lowest BCUT2D eigenvalue weighted by atomic mass is 9.95. The highest BCUT2D eigenvalue weighted by molar-refractivity contribution is 6.30. The van der Waals surface area contributed by atoms with Crippen LogP contribution in [-0.2, 0) is 16.0 Å². The third-order valence-electron chi connectivity index (χ3n) is 6.46. The van der Waals surface area contributed by atoms with Gasteiger partial charge in [0.15, 0.2) is 5.82 Å². The summed E-state index contributed by atoms with van der Waals surface area (Å²) in [7, 11) is 1.66. The Balaban J connectivity index is 1.43. The number of aromatic nitrogens is 2. The van der Waals surface area contributed by atoms with Crippen LogP contribution in [0.4, 0.5) is 11.5 Å².